The molecule has 2 aromatic rings. The predicted molar refractivity (Wildman–Crippen MR) is 64.5 cm³/mol. The fourth-order valence-electron chi connectivity index (χ4n) is 1.25. The van der Waals surface area contributed by atoms with E-state index < -0.39 is 0 Å². The summed E-state index contributed by atoms with van der Waals surface area (Å²) in [6.45, 7) is 0.702. The van der Waals surface area contributed by atoms with Crippen molar-refractivity contribution < 1.29 is 5.11 Å². The van der Waals surface area contributed by atoms with E-state index in [1.807, 2.05) is 0 Å². The van der Waals surface area contributed by atoms with Gasteiger partial charge in [0.25, 0.3) is 5.95 Å². The summed E-state index contributed by atoms with van der Waals surface area (Å²) >= 11 is 0. The van der Waals surface area contributed by atoms with Crippen molar-refractivity contribution in [3.8, 4) is 5.95 Å². The third-order valence-electron chi connectivity index (χ3n) is 2.09. The monoisotopic (exact) mass is 250 g/mol. The van der Waals surface area contributed by atoms with Crippen molar-refractivity contribution in [2.45, 2.75) is 6.42 Å². The van der Waals surface area contributed by atoms with E-state index in [4.69, 9.17) is 5.11 Å². The molecule has 0 unspecified atom stereocenters. The molecule has 2 aromatic heterocycles. The zero-order valence-electron chi connectivity index (χ0n) is 9.91. The first-order valence-corrected chi connectivity index (χ1v) is 5.47. The van der Waals surface area contributed by atoms with Crippen molar-refractivity contribution in [1.29, 1.82) is 0 Å². The van der Waals surface area contributed by atoms with E-state index in [-0.39, 0.29) is 6.61 Å². The fourth-order valence-corrected chi connectivity index (χ4v) is 1.25. The first-order valence-electron chi connectivity index (χ1n) is 5.47. The van der Waals surface area contributed by atoms with Gasteiger partial charge in [0, 0.05) is 20.2 Å². The van der Waals surface area contributed by atoms with Crippen LogP contribution in [0.25, 0.3) is 5.95 Å². The van der Waals surface area contributed by atoms with Crippen LogP contribution >= 0.6 is 0 Å². The van der Waals surface area contributed by atoms with Crippen molar-refractivity contribution >= 4 is 11.9 Å². The molecule has 0 spiro atoms. The Morgan fingerprint density at radius 2 is 2.11 bits per heavy atom. The molecule has 3 N–H and O–H groups in total. The molecular formula is C9H14N8O. The first-order chi connectivity index (χ1) is 8.83. The highest BCUT2D eigenvalue weighted by Gasteiger charge is 2.07. The molecule has 0 amide bonds. The molecule has 0 saturated heterocycles. The lowest BCUT2D eigenvalue weighted by molar-refractivity contribution is 0.292. The van der Waals surface area contributed by atoms with E-state index >= 15 is 0 Å². The maximum absolute atomic E-state index is 8.72. The highest BCUT2D eigenvalue weighted by atomic mass is 16.3. The van der Waals surface area contributed by atoms with Gasteiger partial charge >= 0.3 is 0 Å². The van der Waals surface area contributed by atoms with Gasteiger partial charge in [-0.2, -0.15) is 24.7 Å². The molecule has 0 atom stereocenters. The van der Waals surface area contributed by atoms with Gasteiger partial charge in [-0.25, -0.2) is 4.98 Å². The van der Waals surface area contributed by atoms with Crippen LogP contribution in [0.2, 0.25) is 0 Å². The molecule has 0 radical (unpaired) electrons. The maximum Gasteiger partial charge on any atom is 0.258 e. The van der Waals surface area contributed by atoms with Crippen LogP contribution in [0.1, 0.15) is 6.42 Å². The Hall–Kier alpha value is -2.29. The van der Waals surface area contributed by atoms with Crippen LogP contribution in [-0.4, -0.2) is 55.0 Å². The van der Waals surface area contributed by atoms with Gasteiger partial charge in [-0.3, -0.25) is 0 Å². The third kappa shape index (κ3) is 2.88. The second-order valence-corrected chi connectivity index (χ2v) is 3.38. The molecule has 0 bridgehead atoms. The minimum absolute atomic E-state index is 0.118. The van der Waals surface area contributed by atoms with Crippen molar-refractivity contribution in [3.05, 3.63) is 12.7 Å². The zero-order chi connectivity index (χ0) is 12.8. The zero-order valence-corrected chi connectivity index (χ0v) is 9.91. The topological polar surface area (TPSA) is 114 Å². The average Bonchev–Trinajstić information content (AvgIpc) is 2.92. The molecule has 18 heavy (non-hydrogen) atoms. The van der Waals surface area contributed by atoms with Gasteiger partial charge in [-0.05, 0) is 6.42 Å². The summed E-state index contributed by atoms with van der Waals surface area (Å²) in [5, 5.41) is 18.5. The van der Waals surface area contributed by atoms with Crippen molar-refractivity contribution in [1.82, 2.24) is 29.7 Å². The Morgan fingerprint density at radius 1 is 1.28 bits per heavy atom. The Balaban J connectivity index is 2.22. The summed E-state index contributed by atoms with van der Waals surface area (Å²) in [4.78, 5) is 16.3. The summed E-state index contributed by atoms with van der Waals surface area (Å²) in [7, 11) is 1.72. The summed E-state index contributed by atoms with van der Waals surface area (Å²) < 4.78 is 1.44. The second-order valence-electron chi connectivity index (χ2n) is 3.38. The molecular weight excluding hydrogens is 236 g/mol. The van der Waals surface area contributed by atoms with Gasteiger partial charge in [-0.1, -0.05) is 0 Å². The lowest BCUT2D eigenvalue weighted by Crippen LogP contribution is -2.12. The van der Waals surface area contributed by atoms with Gasteiger partial charge in [0.05, 0.1) is 0 Å². The second kappa shape index (κ2) is 5.87. The number of anilines is 2. The van der Waals surface area contributed by atoms with E-state index in [9.17, 15) is 0 Å². The number of hydrogen-bond acceptors (Lipinski definition) is 8. The Kier molecular flexibility index (Phi) is 3.97. The normalized spacial score (nSPS) is 10.3. The van der Waals surface area contributed by atoms with E-state index in [1.165, 1.54) is 17.3 Å². The van der Waals surface area contributed by atoms with Crippen LogP contribution in [0.15, 0.2) is 12.7 Å². The molecule has 96 valence electrons. The number of nitrogens with zero attached hydrogens (tertiary/aromatic N) is 6. The molecule has 9 nitrogen and oxygen atoms in total. The van der Waals surface area contributed by atoms with Gasteiger partial charge in [0.15, 0.2) is 0 Å². The number of aliphatic hydroxyl groups excluding tert-OH is 1. The lowest BCUT2D eigenvalue weighted by atomic mass is 10.4. The molecule has 0 fully saturated rings. The van der Waals surface area contributed by atoms with Crippen molar-refractivity contribution in [2.75, 3.05) is 30.8 Å². The summed E-state index contributed by atoms with van der Waals surface area (Å²) in [6, 6.07) is 0. The number of nitrogens with one attached hydrogen (secondary N) is 2. The van der Waals surface area contributed by atoms with Gasteiger partial charge < -0.3 is 15.7 Å². The molecule has 9 heteroatoms. The molecule has 2 heterocycles. The van der Waals surface area contributed by atoms with E-state index in [0.717, 1.165) is 0 Å². The molecule has 0 saturated carbocycles. The van der Waals surface area contributed by atoms with Gasteiger partial charge in [0.2, 0.25) is 11.9 Å². The largest absolute Gasteiger partial charge is 0.396 e. The average molecular weight is 250 g/mol. The van der Waals surface area contributed by atoms with E-state index in [0.29, 0.717) is 30.8 Å². The first kappa shape index (κ1) is 12.2. The number of aliphatic hydroxyl groups is 1. The van der Waals surface area contributed by atoms with Crippen LogP contribution in [0.3, 0.4) is 0 Å². The third-order valence-corrected chi connectivity index (χ3v) is 2.09. The lowest BCUT2D eigenvalue weighted by Gasteiger charge is -2.07. The molecule has 0 aliphatic heterocycles. The molecule has 0 aliphatic carbocycles. The summed E-state index contributed by atoms with van der Waals surface area (Å²) in [5.41, 5.74) is 0. The van der Waals surface area contributed by atoms with Crippen LogP contribution in [-0.2, 0) is 0 Å². The van der Waals surface area contributed by atoms with E-state index in [2.05, 4.69) is 35.7 Å². The fraction of sp³-hybridized carbons (Fsp3) is 0.444. The molecule has 2 rings (SSSR count). The number of rotatable bonds is 6. The number of aromatic nitrogens is 6. The van der Waals surface area contributed by atoms with E-state index in [1.54, 1.807) is 7.05 Å². The van der Waals surface area contributed by atoms with Gasteiger partial charge in [0.1, 0.15) is 12.7 Å². The Labute approximate surface area is 103 Å². The molecule has 0 aromatic carbocycles. The molecule has 0 aliphatic rings. The quantitative estimate of drug-likeness (QED) is 0.576. The van der Waals surface area contributed by atoms with Crippen LogP contribution in [0, 0.1) is 0 Å². The maximum atomic E-state index is 8.72. The van der Waals surface area contributed by atoms with Crippen LogP contribution in [0.4, 0.5) is 11.9 Å². The minimum Gasteiger partial charge on any atom is -0.396 e. The van der Waals surface area contributed by atoms with Gasteiger partial charge in [-0.15, -0.1) is 0 Å². The Bertz CT molecular complexity index is 485. The highest BCUT2D eigenvalue weighted by molar-refractivity contribution is 5.37. The minimum atomic E-state index is 0.118. The smallest absolute Gasteiger partial charge is 0.258 e. The van der Waals surface area contributed by atoms with Crippen LogP contribution < -0.4 is 10.6 Å². The van der Waals surface area contributed by atoms with Crippen molar-refractivity contribution in [2.24, 2.45) is 0 Å². The summed E-state index contributed by atoms with van der Waals surface area (Å²) in [5.74, 6) is 1.23. The Morgan fingerprint density at radius 3 is 2.78 bits per heavy atom. The highest BCUT2D eigenvalue weighted by Crippen LogP contribution is 2.07. The predicted octanol–water partition coefficient (Wildman–Crippen LogP) is -0.712. The standard InChI is InChI=1S/C9H14N8O/c1-10-7-14-8(12-3-2-4-18)16-9(15-7)17-6-11-5-13-17/h5-6,18H,2-4H2,1H3,(H2,10,12,14,15,16). The summed E-state index contributed by atoms with van der Waals surface area (Å²) in [6.07, 6.45) is 3.53. The SMILES string of the molecule is CNc1nc(NCCCO)nc(-n2cncn2)n1. The van der Waals surface area contributed by atoms with Crippen LogP contribution in [0.5, 0.6) is 0 Å². The number of hydrogen-bond donors (Lipinski definition) is 3. The van der Waals surface area contributed by atoms with Crippen molar-refractivity contribution in [3.63, 3.8) is 0 Å².